The van der Waals surface area contributed by atoms with Crippen LogP contribution in [0.1, 0.15) is 36.8 Å². The zero-order valence-electron chi connectivity index (χ0n) is 26.4. The molecule has 0 aliphatic carbocycles. The molecule has 3 saturated heterocycles. The molecule has 0 saturated carbocycles. The second-order valence-electron chi connectivity index (χ2n) is 13.2. The molecule has 4 heterocycles. The first-order valence-electron chi connectivity index (χ1n) is 16.5. The van der Waals surface area contributed by atoms with Crippen LogP contribution in [0.25, 0.3) is 0 Å². The van der Waals surface area contributed by atoms with Gasteiger partial charge in [0.05, 0.1) is 5.92 Å². The molecule has 4 aliphatic rings. The van der Waals surface area contributed by atoms with E-state index in [-0.39, 0.29) is 24.5 Å². The van der Waals surface area contributed by atoms with Crippen LogP contribution in [0.3, 0.4) is 0 Å². The fraction of sp³-hybridized carbons (Fsp3) is 0.559. The Bertz CT molecular complexity index is 1430. The summed E-state index contributed by atoms with van der Waals surface area (Å²) < 4.78 is 1.81. The highest BCUT2D eigenvalue weighted by Gasteiger charge is 2.44. The van der Waals surface area contributed by atoms with E-state index in [1.165, 1.54) is 4.90 Å². The van der Waals surface area contributed by atoms with Crippen LogP contribution in [0, 0.1) is 5.92 Å². The number of piperidine rings is 2. The number of benzene rings is 2. The van der Waals surface area contributed by atoms with Crippen LogP contribution in [0.2, 0.25) is 0 Å². The lowest BCUT2D eigenvalue weighted by atomic mass is 9.82. The molecule has 0 spiro atoms. The molecule has 12 heteroatoms. The summed E-state index contributed by atoms with van der Waals surface area (Å²) in [4.78, 5) is 51.0. The Labute approximate surface area is 288 Å². The summed E-state index contributed by atoms with van der Waals surface area (Å²) in [5.41, 5.74) is 2.88. The minimum absolute atomic E-state index is 0.0143. The zero-order valence-corrected chi connectivity index (χ0v) is 29.6. The second-order valence-corrected chi connectivity index (χ2v) is 14.9. The number of carbonyl (C=O) groups is 3. The molecular formula is C34H44Br2N6O4. The van der Waals surface area contributed by atoms with Crippen LogP contribution in [0.4, 0.5) is 15.3 Å². The van der Waals surface area contributed by atoms with Gasteiger partial charge in [0.2, 0.25) is 5.91 Å². The number of fused-ring (bicyclic) bond motifs is 1. The van der Waals surface area contributed by atoms with Gasteiger partial charge in [-0.3, -0.25) is 9.69 Å². The van der Waals surface area contributed by atoms with Gasteiger partial charge < -0.3 is 30.0 Å². The molecule has 46 heavy (non-hydrogen) atoms. The van der Waals surface area contributed by atoms with E-state index >= 15 is 0 Å². The van der Waals surface area contributed by atoms with Crippen LogP contribution < -0.4 is 5.32 Å². The molecule has 2 aromatic carbocycles. The van der Waals surface area contributed by atoms with Crippen LogP contribution in [-0.4, -0.2) is 125 Å². The summed E-state index contributed by atoms with van der Waals surface area (Å²) in [7, 11) is 2.16. The van der Waals surface area contributed by atoms with Crippen LogP contribution in [0.5, 0.6) is 0 Å². The van der Waals surface area contributed by atoms with E-state index < -0.39 is 18.1 Å². The summed E-state index contributed by atoms with van der Waals surface area (Å²) in [6.07, 6.45) is 2.93. The summed E-state index contributed by atoms with van der Waals surface area (Å²) in [6.45, 7) is 6.42. The van der Waals surface area contributed by atoms with Crippen molar-refractivity contribution >= 4 is 55.6 Å². The van der Waals surface area contributed by atoms with Gasteiger partial charge in [-0.1, -0.05) is 24.3 Å². The van der Waals surface area contributed by atoms with E-state index in [0.717, 1.165) is 71.2 Å². The number of carboxylic acid groups (broad SMARTS) is 1. The smallest absolute Gasteiger partial charge is 0.407 e. The maximum atomic E-state index is 14.6. The molecule has 3 fully saturated rings. The van der Waals surface area contributed by atoms with Crippen molar-refractivity contribution in [1.82, 2.24) is 24.5 Å². The third-order valence-corrected chi connectivity index (χ3v) is 12.4. The topological polar surface area (TPSA) is 99.7 Å². The first-order valence-corrected chi connectivity index (χ1v) is 18.1. The van der Waals surface area contributed by atoms with Crippen molar-refractivity contribution in [3.8, 4) is 0 Å². The number of hydrogen-bond acceptors (Lipinski definition) is 5. The van der Waals surface area contributed by atoms with Crippen molar-refractivity contribution in [3.05, 3.63) is 62.5 Å². The van der Waals surface area contributed by atoms with Crippen molar-refractivity contribution in [2.75, 3.05) is 64.7 Å². The standard InChI is InChI=1S/C34H44Br2N6O4/c1-38-16-18-39(19-17-38)25-9-12-40(13-10-25)32(43)27(20-23-6-7-28(35)29(36)21-23)31-22-26(11-15-42(31)34(45)46)41-14-8-24-4-2-3-5-30(24)37-33(41)44/h2-7,21,25-27,31H,8-20,22H2,1H3,(H,37,44)(H,45,46)/t26?,27-,31?/m1/s1. The molecule has 0 bridgehead atoms. The van der Waals surface area contributed by atoms with Crippen molar-refractivity contribution < 1.29 is 19.5 Å². The normalized spacial score (nSPS) is 24.2. The van der Waals surface area contributed by atoms with Gasteiger partial charge in [-0.2, -0.15) is 0 Å². The fourth-order valence-corrected chi connectivity index (χ4v) is 8.47. The Hall–Kier alpha value is -2.67. The van der Waals surface area contributed by atoms with E-state index in [1.54, 1.807) is 0 Å². The summed E-state index contributed by atoms with van der Waals surface area (Å²) in [6, 6.07) is 13.4. The number of likely N-dealkylation sites (tertiary alicyclic amines) is 2. The van der Waals surface area contributed by atoms with Crippen molar-refractivity contribution in [2.45, 2.75) is 56.7 Å². The largest absolute Gasteiger partial charge is 0.465 e. The lowest BCUT2D eigenvalue weighted by Gasteiger charge is -2.46. The Kier molecular flexibility index (Phi) is 10.6. The summed E-state index contributed by atoms with van der Waals surface area (Å²) >= 11 is 7.16. The third-order valence-electron chi connectivity index (χ3n) is 10.5. The number of anilines is 1. The molecule has 2 unspecified atom stereocenters. The summed E-state index contributed by atoms with van der Waals surface area (Å²) in [5.74, 6) is -0.556. The number of hydrogen-bond donors (Lipinski definition) is 2. The maximum absolute atomic E-state index is 14.6. The molecule has 4 aliphatic heterocycles. The number of likely N-dealkylation sites (N-methyl/N-ethyl adjacent to an activating group) is 1. The minimum Gasteiger partial charge on any atom is -0.465 e. The number of amides is 4. The van der Waals surface area contributed by atoms with Crippen molar-refractivity contribution in [3.63, 3.8) is 0 Å². The number of nitrogens with zero attached hydrogens (tertiary/aromatic N) is 5. The number of halogens is 2. The SMILES string of the molecule is CN1CCN(C2CCN(C(=O)[C@H](Cc3ccc(Br)c(Br)c3)C3CC(N4CCc5ccccc5NC4=O)CCN3C(=O)O)CC2)CC1. The molecule has 0 radical (unpaired) electrons. The minimum atomic E-state index is -1.01. The zero-order chi connectivity index (χ0) is 32.4. The van der Waals surface area contributed by atoms with Gasteiger partial charge in [0, 0.05) is 85.1 Å². The van der Waals surface area contributed by atoms with E-state index in [4.69, 9.17) is 0 Å². The number of rotatable bonds is 6. The molecule has 0 aromatic heterocycles. The van der Waals surface area contributed by atoms with E-state index in [0.29, 0.717) is 44.9 Å². The quantitative estimate of drug-likeness (QED) is 0.420. The summed E-state index contributed by atoms with van der Waals surface area (Å²) in [5, 5.41) is 13.5. The molecule has 2 aromatic rings. The Morgan fingerprint density at radius 3 is 2.35 bits per heavy atom. The number of para-hydroxylation sites is 1. The molecule has 4 amide bonds. The fourth-order valence-electron chi connectivity index (χ4n) is 7.80. The monoisotopic (exact) mass is 758 g/mol. The average molecular weight is 761 g/mol. The number of piperazine rings is 1. The molecule has 3 atom stereocenters. The van der Waals surface area contributed by atoms with Crippen molar-refractivity contribution in [2.24, 2.45) is 5.92 Å². The average Bonchev–Trinajstić information content (AvgIpc) is 3.23. The van der Waals surface area contributed by atoms with Gasteiger partial charge in [-0.05, 0) is 107 Å². The Balaban J connectivity index is 1.23. The Morgan fingerprint density at radius 2 is 1.63 bits per heavy atom. The van der Waals surface area contributed by atoms with Crippen LogP contribution >= 0.6 is 31.9 Å². The van der Waals surface area contributed by atoms with E-state index in [9.17, 15) is 19.5 Å². The van der Waals surface area contributed by atoms with Crippen LogP contribution in [0.15, 0.2) is 51.4 Å². The first-order chi connectivity index (χ1) is 22.2. The Morgan fingerprint density at radius 1 is 0.913 bits per heavy atom. The molecule has 10 nitrogen and oxygen atoms in total. The predicted molar refractivity (Wildman–Crippen MR) is 185 cm³/mol. The van der Waals surface area contributed by atoms with Crippen LogP contribution in [-0.2, 0) is 17.6 Å². The predicted octanol–water partition coefficient (Wildman–Crippen LogP) is 5.21. The van der Waals surface area contributed by atoms with Gasteiger partial charge in [0.1, 0.15) is 0 Å². The van der Waals surface area contributed by atoms with E-state index in [1.807, 2.05) is 52.3 Å². The van der Waals surface area contributed by atoms with Gasteiger partial charge in [-0.15, -0.1) is 0 Å². The molecule has 6 rings (SSSR count). The van der Waals surface area contributed by atoms with Gasteiger partial charge >= 0.3 is 12.1 Å². The van der Waals surface area contributed by atoms with Gasteiger partial charge in [-0.25, -0.2) is 9.59 Å². The van der Waals surface area contributed by atoms with Gasteiger partial charge in [0.15, 0.2) is 0 Å². The molecular weight excluding hydrogens is 716 g/mol. The third kappa shape index (κ3) is 7.40. The lowest BCUT2D eigenvalue weighted by molar-refractivity contribution is -0.140. The first kappa shape index (κ1) is 33.2. The molecule has 2 N–H and O–H groups in total. The highest BCUT2D eigenvalue weighted by Crippen LogP contribution is 2.34. The number of nitrogens with one attached hydrogen (secondary N) is 1. The number of carbonyl (C=O) groups excluding carboxylic acids is 2. The van der Waals surface area contributed by atoms with Crippen molar-refractivity contribution in [1.29, 1.82) is 0 Å². The number of urea groups is 1. The molecule has 248 valence electrons. The highest BCUT2D eigenvalue weighted by atomic mass is 79.9. The maximum Gasteiger partial charge on any atom is 0.407 e. The lowest BCUT2D eigenvalue weighted by Crippen LogP contribution is -2.59. The highest BCUT2D eigenvalue weighted by molar-refractivity contribution is 9.13. The van der Waals surface area contributed by atoms with Gasteiger partial charge in [0.25, 0.3) is 0 Å². The second kappa shape index (κ2) is 14.6. The van der Waals surface area contributed by atoms with E-state index in [2.05, 4.69) is 54.0 Å².